The highest BCUT2D eigenvalue weighted by Gasteiger charge is 2.16. The van der Waals surface area contributed by atoms with Gasteiger partial charge >= 0.3 is 0 Å². The number of pyridine rings is 1. The van der Waals surface area contributed by atoms with E-state index in [2.05, 4.69) is 23.3 Å². The molecule has 1 aliphatic rings. The maximum Gasteiger partial charge on any atom is 0.100 e. The summed E-state index contributed by atoms with van der Waals surface area (Å²) in [4.78, 5) is 4.54. The van der Waals surface area contributed by atoms with Crippen LogP contribution in [0.5, 0.6) is 0 Å². The third kappa shape index (κ3) is 4.29. The highest BCUT2D eigenvalue weighted by atomic mass is 32.2. The molecular formula is C15H24N2S. The van der Waals surface area contributed by atoms with E-state index in [1.165, 1.54) is 48.4 Å². The monoisotopic (exact) mass is 264 g/mol. The quantitative estimate of drug-likeness (QED) is 0.598. The Morgan fingerprint density at radius 1 is 1.39 bits per heavy atom. The molecule has 0 atom stereocenters. The second-order valence-corrected chi connectivity index (χ2v) is 6.11. The zero-order valence-corrected chi connectivity index (χ0v) is 12.1. The molecule has 1 fully saturated rings. The first-order chi connectivity index (χ1) is 8.90. The zero-order valence-electron chi connectivity index (χ0n) is 11.3. The standard InChI is InChI=1S/C15H24N2S/c1-2-9-16-11-14-8-5-10-17-15(14)18-12-13-6-3-4-7-13/h5,8,10,13,16H,2-4,6-7,9,11-12H2,1H3. The van der Waals surface area contributed by atoms with Crippen molar-refractivity contribution in [3.05, 3.63) is 23.9 Å². The molecule has 0 aromatic carbocycles. The van der Waals surface area contributed by atoms with Gasteiger partial charge in [0.05, 0.1) is 0 Å². The van der Waals surface area contributed by atoms with Crippen LogP contribution < -0.4 is 5.32 Å². The van der Waals surface area contributed by atoms with E-state index in [9.17, 15) is 0 Å². The molecule has 0 amide bonds. The highest BCUT2D eigenvalue weighted by Crippen LogP contribution is 2.31. The Balaban J connectivity index is 1.85. The van der Waals surface area contributed by atoms with Gasteiger partial charge in [-0.1, -0.05) is 25.8 Å². The Morgan fingerprint density at radius 2 is 2.22 bits per heavy atom. The van der Waals surface area contributed by atoms with Gasteiger partial charge in [0, 0.05) is 18.5 Å². The van der Waals surface area contributed by atoms with Crippen LogP contribution in [0.25, 0.3) is 0 Å². The summed E-state index contributed by atoms with van der Waals surface area (Å²) in [6.07, 6.45) is 8.80. The van der Waals surface area contributed by atoms with Crippen molar-refractivity contribution in [3.8, 4) is 0 Å². The van der Waals surface area contributed by atoms with Crippen molar-refractivity contribution < 1.29 is 0 Å². The summed E-state index contributed by atoms with van der Waals surface area (Å²) in [6, 6.07) is 4.25. The lowest BCUT2D eigenvalue weighted by molar-refractivity contribution is 0.622. The molecule has 2 rings (SSSR count). The van der Waals surface area contributed by atoms with Crippen molar-refractivity contribution in [1.82, 2.24) is 10.3 Å². The highest BCUT2D eigenvalue weighted by molar-refractivity contribution is 7.99. The van der Waals surface area contributed by atoms with Gasteiger partial charge in [-0.2, -0.15) is 0 Å². The second kappa shape index (κ2) is 7.80. The van der Waals surface area contributed by atoms with Crippen LogP contribution in [0.2, 0.25) is 0 Å². The van der Waals surface area contributed by atoms with Gasteiger partial charge in [0.2, 0.25) is 0 Å². The van der Waals surface area contributed by atoms with Crippen molar-refractivity contribution in [3.63, 3.8) is 0 Å². The third-order valence-electron chi connectivity index (χ3n) is 3.52. The van der Waals surface area contributed by atoms with E-state index in [0.29, 0.717) is 0 Å². The van der Waals surface area contributed by atoms with Crippen LogP contribution in [0.15, 0.2) is 23.4 Å². The van der Waals surface area contributed by atoms with Gasteiger partial charge < -0.3 is 5.32 Å². The van der Waals surface area contributed by atoms with Gasteiger partial charge in [-0.15, -0.1) is 11.8 Å². The summed E-state index contributed by atoms with van der Waals surface area (Å²) in [5, 5.41) is 4.70. The average Bonchev–Trinajstić information content (AvgIpc) is 2.91. The number of thioether (sulfide) groups is 1. The van der Waals surface area contributed by atoms with E-state index in [0.717, 1.165) is 19.0 Å². The molecule has 1 heterocycles. The average molecular weight is 264 g/mol. The van der Waals surface area contributed by atoms with Crippen molar-refractivity contribution in [2.24, 2.45) is 5.92 Å². The fraction of sp³-hybridized carbons (Fsp3) is 0.667. The Bertz CT molecular complexity index is 348. The van der Waals surface area contributed by atoms with Crippen LogP contribution in [-0.4, -0.2) is 17.3 Å². The normalized spacial score (nSPS) is 16.3. The molecule has 2 nitrogen and oxygen atoms in total. The van der Waals surface area contributed by atoms with Crippen LogP contribution in [0.4, 0.5) is 0 Å². The summed E-state index contributed by atoms with van der Waals surface area (Å²) in [7, 11) is 0. The topological polar surface area (TPSA) is 24.9 Å². The van der Waals surface area contributed by atoms with Crippen LogP contribution in [0.3, 0.4) is 0 Å². The molecule has 1 aromatic rings. The Kier molecular flexibility index (Phi) is 6.01. The first kappa shape index (κ1) is 13.9. The smallest absolute Gasteiger partial charge is 0.100 e. The molecule has 0 radical (unpaired) electrons. The summed E-state index contributed by atoms with van der Waals surface area (Å²) >= 11 is 1.95. The molecule has 1 aromatic heterocycles. The maximum atomic E-state index is 4.54. The number of nitrogens with zero attached hydrogens (tertiary/aromatic N) is 1. The van der Waals surface area contributed by atoms with Crippen molar-refractivity contribution in [2.45, 2.75) is 50.6 Å². The molecule has 1 N–H and O–H groups in total. The summed E-state index contributed by atoms with van der Waals surface area (Å²) in [5.41, 5.74) is 1.36. The van der Waals surface area contributed by atoms with Gasteiger partial charge in [-0.3, -0.25) is 0 Å². The fourth-order valence-electron chi connectivity index (χ4n) is 2.46. The van der Waals surface area contributed by atoms with E-state index in [4.69, 9.17) is 0 Å². The molecule has 100 valence electrons. The van der Waals surface area contributed by atoms with Gasteiger partial charge in [0.15, 0.2) is 0 Å². The molecule has 0 unspecified atom stereocenters. The predicted octanol–water partition coefficient (Wildman–Crippen LogP) is 3.86. The maximum absolute atomic E-state index is 4.54. The van der Waals surface area contributed by atoms with Crippen LogP contribution in [0.1, 0.15) is 44.6 Å². The molecule has 18 heavy (non-hydrogen) atoms. The van der Waals surface area contributed by atoms with Gasteiger partial charge in [-0.25, -0.2) is 4.98 Å². The molecular weight excluding hydrogens is 240 g/mol. The lowest BCUT2D eigenvalue weighted by Gasteiger charge is -2.11. The van der Waals surface area contributed by atoms with Crippen LogP contribution in [0, 0.1) is 5.92 Å². The van der Waals surface area contributed by atoms with Gasteiger partial charge in [0.1, 0.15) is 5.03 Å². The molecule has 3 heteroatoms. The zero-order chi connectivity index (χ0) is 12.6. The Morgan fingerprint density at radius 3 is 3.00 bits per heavy atom. The summed E-state index contributed by atoms with van der Waals surface area (Å²) < 4.78 is 0. The number of rotatable bonds is 7. The van der Waals surface area contributed by atoms with E-state index in [1.54, 1.807) is 0 Å². The molecule has 0 aliphatic heterocycles. The minimum absolute atomic E-state index is 0.924. The molecule has 0 bridgehead atoms. The van der Waals surface area contributed by atoms with E-state index >= 15 is 0 Å². The molecule has 1 saturated carbocycles. The SMILES string of the molecule is CCCNCc1cccnc1SCC1CCCC1. The lowest BCUT2D eigenvalue weighted by Crippen LogP contribution is -2.14. The molecule has 0 saturated heterocycles. The molecule has 0 spiro atoms. The number of hydrogen-bond donors (Lipinski definition) is 1. The lowest BCUT2D eigenvalue weighted by atomic mass is 10.1. The first-order valence-corrected chi connectivity index (χ1v) is 8.16. The summed E-state index contributed by atoms with van der Waals surface area (Å²) in [5.74, 6) is 2.17. The van der Waals surface area contributed by atoms with Crippen molar-refractivity contribution >= 4 is 11.8 Å². The van der Waals surface area contributed by atoms with E-state index in [1.807, 2.05) is 24.0 Å². The largest absolute Gasteiger partial charge is 0.313 e. The number of nitrogens with one attached hydrogen (secondary N) is 1. The second-order valence-electron chi connectivity index (χ2n) is 5.11. The Labute approximate surface area is 115 Å². The number of aromatic nitrogens is 1. The third-order valence-corrected chi connectivity index (χ3v) is 4.80. The van der Waals surface area contributed by atoms with Crippen molar-refractivity contribution in [1.29, 1.82) is 0 Å². The van der Waals surface area contributed by atoms with Crippen molar-refractivity contribution in [2.75, 3.05) is 12.3 Å². The minimum Gasteiger partial charge on any atom is -0.313 e. The van der Waals surface area contributed by atoms with E-state index < -0.39 is 0 Å². The van der Waals surface area contributed by atoms with Crippen LogP contribution >= 0.6 is 11.8 Å². The summed E-state index contributed by atoms with van der Waals surface area (Å²) in [6.45, 7) is 4.24. The number of hydrogen-bond acceptors (Lipinski definition) is 3. The van der Waals surface area contributed by atoms with Crippen LogP contribution in [-0.2, 0) is 6.54 Å². The predicted molar refractivity (Wildman–Crippen MR) is 78.9 cm³/mol. The minimum atomic E-state index is 0.924. The van der Waals surface area contributed by atoms with E-state index in [-0.39, 0.29) is 0 Å². The Hall–Kier alpha value is -0.540. The first-order valence-electron chi connectivity index (χ1n) is 7.17. The van der Waals surface area contributed by atoms with Gasteiger partial charge in [-0.05, 0) is 43.4 Å². The fourth-order valence-corrected chi connectivity index (χ4v) is 3.65. The van der Waals surface area contributed by atoms with Gasteiger partial charge in [0.25, 0.3) is 0 Å². The molecule has 1 aliphatic carbocycles.